The minimum atomic E-state index is -3.59. The van der Waals surface area contributed by atoms with Gasteiger partial charge in [0.2, 0.25) is 15.9 Å². The van der Waals surface area contributed by atoms with Crippen molar-refractivity contribution in [2.45, 2.75) is 70.9 Å². The van der Waals surface area contributed by atoms with Gasteiger partial charge in [0.05, 0.1) is 18.3 Å². The molecule has 2 amide bonds. The van der Waals surface area contributed by atoms with Crippen LogP contribution in [0.5, 0.6) is 0 Å². The van der Waals surface area contributed by atoms with Gasteiger partial charge in [-0.3, -0.25) is 14.4 Å². The van der Waals surface area contributed by atoms with Crippen LogP contribution in [0.3, 0.4) is 0 Å². The van der Waals surface area contributed by atoms with E-state index < -0.39 is 33.9 Å². The number of carbonyl (C=O) groups excluding carboxylic acids is 3. The number of furan rings is 1. The molecule has 2 fully saturated rings. The van der Waals surface area contributed by atoms with Gasteiger partial charge >= 0.3 is 0 Å². The van der Waals surface area contributed by atoms with Gasteiger partial charge in [-0.2, -0.15) is 4.31 Å². The lowest BCUT2D eigenvalue weighted by atomic mass is 9.89. The number of amides is 2. The number of hydrogen-bond acceptors (Lipinski definition) is 6. The zero-order valence-electron chi connectivity index (χ0n) is 21.6. The Bertz CT molecular complexity index is 1200. The lowest BCUT2D eigenvalue weighted by Crippen LogP contribution is -2.52. The molecule has 0 unspecified atom stereocenters. The van der Waals surface area contributed by atoms with Crippen molar-refractivity contribution in [1.29, 1.82) is 0 Å². The molecule has 202 valence electrons. The maximum absolute atomic E-state index is 13.2. The van der Waals surface area contributed by atoms with Crippen LogP contribution < -0.4 is 10.6 Å². The van der Waals surface area contributed by atoms with Crippen LogP contribution >= 0.6 is 0 Å². The highest BCUT2D eigenvalue weighted by Crippen LogP contribution is 2.26. The lowest BCUT2D eigenvalue weighted by molar-refractivity contribution is -0.129. The third-order valence-electron chi connectivity index (χ3n) is 7.26. The summed E-state index contributed by atoms with van der Waals surface area (Å²) < 4.78 is 32.7. The zero-order valence-corrected chi connectivity index (χ0v) is 22.4. The van der Waals surface area contributed by atoms with Crippen molar-refractivity contribution < 1.29 is 27.2 Å². The summed E-state index contributed by atoms with van der Waals surface area (Å²) in [7, 11) is -3.59. The van der Waals surface area contributed by atoms with Gasteiger partial charge < -0.3 is 15.1 Å². The van der Waals surface area contributed by atoms with Crippen molar-refractivity contribution in [1.82, 2.24) is 14.9 Å². The highest BCUT2D eigenvalue weighted by atomic mass is 32.2. The molecule has 2 atom stereocenters. The van der Waals surface area contributed by atoms with Gasteiger partial charge in [0.15, 0.2) is 11.5 Å². The predicted molar refractivity (Wildman–Crippen MR) is 140 cm³/mol. The summed E-state index contributed by atoms with van der Waals surface area (Å²) in [6, 6.07) is 7.04. The summed E-state index contributed by atoms with van der Waals surface area (Å²) >= 11 is 0. The first-order chi connectivity index (χ1) is 17.6. The fourth-order valence-corrected chi connectivity index (χ4v) is 6.78. The molecule has 0 spiro atoms. The first-order valence-corrected chi connectivity index (χ1v) is 14.8. The third-order valence-corrected chi connectivity index (χ3v) is 9.08. The van der Waals surface area contributed by atoms with E-state index in [0.717, 1.165) is 31.1 Å². The predicted octanol–water partition coefficient (Wildman–Crippen LogP) is 3.25. The molecule has 37 heavy (non-hydrogen) atoms. The summed E-state index contributed by atoms with van der Waals surface area (Å²) in [6.45, 7) is 3.99. The van der Waals surface area contributed by atoms with E-state index in [9.17, 15) is 22.8 Å². The fraction of sp³-hybridized carbons (Fsp3) is 0.593. The van der Waals surface area contributed by atoms with Crippen molar-refractivity contribution in [2.24, 2.45) is 11.8 Å². The number of fused-ring (bicyclic) bond motifs is 1. The summed E-state index contributed by atoms with van der Waals surface area (Å²) in [4.78, 5) is 39.2. The number of sulfonamides is 1. The normalized spacial score (nSPS) is 22.0. The Labute approximate surface area is 218 Å². The van der Waals surface area contributed by atoms with Crippen LogP contribution in [-0.2, 0) is 19.6 Å². The van der Waals surface area contributed by atoms with Gasteiger partial charge in [0, 0.05) is 11.9 Å². The van der Waals surface area contributed by atoms with E-state index in [-0.39, 0.29) is 42.1 Å². The van der Waals surface area contributed by atoms with Crippen molar-refractivity contribution in [2.75, 3.05) is 18.8 Å². The van der Waals surface area contributed by atoms with E-state index in [1.165, 1.54) is 10.7 Å². The molecule has 9 nitrogen and oxygen atoms in total. The van der Waals surface area contributed by atoms with Crippen LogP contribution in [0.25, 0.3) is 11.0 Å². The number of benzene rings is 1. The first kappa shape index (κ1) is 27.3. The Balaban J connectivity index is 1.42. The Kier molecular flexibility index (Phi) is 8.69. The summed E-state index contributed by atoms with van der Waals surface area (Å²) in [5.74, 6) is -1.10. The number of carbonyl (C=O) groups is 3. The number of Topliss-reactive ketones (excluding diaryl/α,β-unsaturated/α-hetero) is 1. The van der Waals surface area contributed by atoms with Crippen molar-refractivity contribution in [3.8, 4) is 0 Å². The average Bonchev–Trinajstić information content (AvgIpc) is 3.26. The van der Waals surface area contributed by atoms with Gasteiger partial charge in [-0.1, -0.05) is 51.3 Å². The second-order valence-corrected chi connectivity index (χ2v) is 12.8. The summed E-state index contributed by atoms with van der Waals surface area (Å²) in [5, 5.41) is 6.25. The zero-order chi connectivity index (χ0) is 26.6. The minimum Gasteiger partial charge on any atom is -0.451 e. The Morgan fingerprint density at radius 2 is 1.84 bits per heavy atom. The van der Waals surface area contributed by atoms with Crippen LogP contribution in [0.2, 0.25) is 0 Å². The van der Waals surface area contributed by atoms with Crippen LogP contribution in [-0.4, -0.2) is 61.2 Å². The number of nitrogens with zero attached hydrogens (tertiary/aromatic N) is 1. The maximum atomic E-state index is 13.2. The largest absolute Gasteiger partial charge is 0.451 e. The molecule has 1 aromatic heterocycles. The average molecular weight is 532 g/mol. The maximum Gasteiger partial charge on any atom is 0.287 e. The molecule has 0 radical (unpaired) electrons. The molecule has 1 aliphatic carbocycles. The Morgan fingerprint density at radius 3 is 2.54 bits per heavy atom. The molecule has 2 heterocycles. The molecule has 1 aromatic carbocycles. The Hall–Kier alpha value is -2.72. The van der Waals surface area contributed by atoms with E-state index in [0.29, 0.717) is 18.5 Å². The van der Waals surface area contributed by atoms with Gasteiger partial charge in [-0.05, 0) is 49.7 Å². The van der Waals surface area contributed by atoms with Gasteiger partial charge in [0.25, 0.3) is 5.91 Å². The van der Waals surface area contributed by atoms with Crippen molar-refractivity contribution >= 4 is 38.6 Å². The highest BCUT2D eigenvalue weighted by Gasteiger charge is 2.36. The van der Waals surface area contributed by atoms with Gasteiger partial charge in [-0.15, -0.1) is 0 Å². The number of rotatable bonds is 8. The molecular weight excluding hydrogens is 494 g/mol. The molecule has 2 N–H and O–H groups in total. The van der Waals surface area contributed by atoms with Crippen LogP contribution in [0.4, 0.5) is 0 Å². The molecule has 2 aliphatic rings. The molecular formula is C27H37N3O6S. The molecule has 1 saturated heterocycles. The standard InChI is InChI=1S/C27H37N3O6S/c1-18(2)14-22(29-27(33)25-15-20-10-6-7-11-24(20)36-25)26(32)28-21-12-13-37(34,35)30(17-23(21)31)16-19-8-4-3-5-9-19/h6-7,10-11,15,18-19,21-22H,3-5,8-9,12-14,16-17H2,1-2H3,(H,28,32)(H,29,33)/t21-,22-/m0/s1. The van der Waals surface area contributed by atoms with Crippen molar-refractivity contribution in [3.63, 3.8) is 0 Å². The second kappa shape index (κ2) is 11.8. The van der Waals surface area contributed by atoms with Crippen LogP contribution in [0, 0.1) is 11.8 Å². The fourth-order valence-electron chi connectivity index (χ4n) is 5.23. The Morgan fingerprint density at radius 1 is 1.11 bits per heavy atom. The van der Waals surface area contributed by atoms with E-state index in [2.05, 4.69) is 10.6 Å². The monoisotopic (exact) mass is 531 g/mol. The quantitative estimate of drug-likeness (QED) is 0.539. The molecule has 4 rings (SSSR count). The van der Waals surface area contributed by atoms with Crippen molar-refractivity contribution in [3.05, 3.63) is 36.1 Å². The topological polar surface area (TPSA) is 126 Å². The molecule has 0 bridgehead atoms. The SMILES string of the molecule is CC(C)C[C@H](NC(=O)c1cc2ccccc2o1)C(=O)N[C@H]1CCS(=O)(=O)N(CC2CCCCC2)CC1=O. The van der Waals surface area contributed by atoms with Crippen LogP contribution in [0.1, 0.15) is 69.3 Å². The van der Waals surface area contributed by atoms with E-state index in [1.54, 1.807) is 12.1 Å². The number of para-hydroxylation sites is 1. The van der Waals surface area contributed by atoms with Gasteiger partial charge in [0.1, 0.15) is 11.6 Å². The molecule has 2 aromatic rings. The summed E-state index contributed by atoms with van der Waals surface area (Å²) in [5.41, 5.74) is 0.570. The van der Waals surface area contributed by atoms with Gasteiger partial charge in [-0.25, -0.2) is 8.42 Å². The van der Waals surface area contributed by atoms with Crippen LogP contribution in [0.15, 0.2) is 34.7 Å². The lowest BCUT2D eigenvalue weighted by Gasteiger charge is -2.27. The van der Waals surface area contributed by atoms with E-state index >= 15 is 0 Å². The molecule has 1 saturated carbocycles. The van der Waals surface area contributed by atoms with E-state index in [1.807, 2.05) is 32.0 Å². The highest BCUT2D eigenvalue weighted by molar-refractivity contribution is 7.89. The second-order valence-electron chi connectivity index (χ2n) is 10.7. The molecule has 1 aliphatic heterocycles. The number of nitrogens with one attached hydrogen (secondary N) is 2. The number of ketones is 1. The smallest absolute Gasteiger partial charge is 0.287 e. The molecule has 10 heteroatoms. The minimum absolute atomic E-state index is 0.0139. The third kappa shape index (κ3) is 6.98. The van der Waals surface area contributed by atoms with E-state index in [4.69, 9.17) is 4.42 Å². The summed E-state index contributed by atoms with van der Waals surface area (Å²) in [6.07, 6.45) is 5.65. The number of hydrogen-bond donors (Lipinski definition) is 2. The first-order valence-electron chi connectivity index (χ1n) is 13.2.